The van der Waals surface area contributed by atoms with Crippen LogP contribution >= 0.6 is 0 Å². The van der Waals surface area contributed by atoms with Gasteiger partial charge in [0.2, 0.25) is 0 Å². The molecule has 0 aromatic carbocycles. The molecule has 2 aliphatic rings. The van der Waals surface area contributed by atoms with Gasteiger partial charge in [-0.05, 0) is 37.0 Å². The summed E-state index contributed by atoms with van der Waals surface area (Å²) in [5, 5.41) is 3.24. The van der Waals surface area contributed by atoms with Crippen molar-refractivity contribution in [3.63, 3.8) is 0 Å². The maximum Gasteiger partial charge on any atom is 0.0823 e. The second-order valence-corrected chi connectivity index (χ2v) is 5.72. The lowest BCUT2D eigenvalue weighted by Crippen LogP contribution is -2.49. The minimum atomic E-state index is 0.518. The monoisotopic (exact) mass is 197 g/mol. The average molecular weight is 197 g/mol. The van der Waals surface area contributed by atoms with Gasteiger partial charge in [-0.3, -0.25) is 0 Å². The van der Waals surface area contributed by atoms with Gasteiger partial charge in [0.25, 0.3) is 0 Å². The standard InChI is InChI=1S/C12H23NO/c1-12(2)5-3-10(4-6-12)9-14-11-7-13-8-11/h10-11,13H,3-9H2,1-2H3. The van der Waals surface area contributed by atoms with E-state index in [1.807, 2.05) is 0 Å². The Bertz CT molecular complexity index is 177. The molecule has 0 spiro atoms. The van der Waals surface area contributed by atoms with Gasteiger partial charge in [0.1, 0.15) is 0 Å². The second kappa shape index (κ2) is 4.19. The van der Waals surface area contributed by atoms with Crippen LogP contribution in [0.25, 0.3) is 0 Å². The van der Waals surface area contributed by atoms with Gasteiger partial charge in [-0.2, -0.15) is 0 Å². The first-order valence-corrected chi connectivity index (χ1v) is 5.98. The summed E-state index contributed by atoms with van der Waals surface area (Å²) < 4.78 is 5.82. The number of rotatable bonds is 3. The van der Waals surface area contributed by atoms with E-state index in [1.54, 1.807) is 0 Å². The maximum absolute atomic E-state index is 5.82. The molecule has 2 heteroatoms. The van der Waals surface area contributed by atoms with E-state index in [0.29, 0.717) is 11.5 Å². The Morgan fingerprint density at radius 1 is 1.21 bits per heavy atom. The molecule has 0 bridgehead atoms. The van der Waals surface area contributed by atoms with Gasteiger partial charge < -0.3 is 10.1 Å². The molecule has 0 aromatic rings. The molecule has 1 heterocycles. The van der Waals surface area contributed by atoms with Gasteiger partial charge in [0.15, 0.2) is 0 Å². The quantitative estimate of drug-likeness (QED) is 0.749. The van der Waals surface area contributed by atoms with Crippen LogP contribution in [0.2, 0.25) is 0 Å². The van der Waals surface area contributed by atoms with Crippen LogP contribution in [0.4, 0.5) is 0 Å². The van der Waals surface area contributed by atoms with Crippen LogP contribution in [0.1, 0.15) is 39.5 Å². The average Bonchev–Trinajstić information content (AvgIpc) is 2.05. The van der Waals surface area contributed by atoms with E-state index in [1.165, 1.54) is 25.7 Å². The molecule has 0 atom stereocenters. The fourth-order valence-electron chi connectivity index (χ4n) is 2.28. The van der Waals surface area contributed by atoms with Gasteiger partial charge in [0.05, 0.1) is 6.10 Å². The highest BCUT2D eigenvalue weighted by atomic mass is 16.5. The zero-order chi connectivity index (χ0) is 10.0. The Morgan fingerprint density at radius 2 is 1.86 bits per heavy atom. The van der Waals surface area contributed by atoms with Crippen molar-refractivity contribution >= 4 is 0 Å². The molecule has 1 aliphatic carbocycles. The van der Waals surface area contributed by atoms with E-state index >= 15 is 0 Å². The summed E-state index contributed by atoms with van der Waals surface area (Å²) in [6.45, 7) is 7.92. The summed E-state index contributed by atoms with van der Waals surface area (Å²) in [4.78, 5) is 0. The molecule has 0 aromatic heterocycles. The number of nitrogens with one attached hydrogen (secondary N) is 1. The van der Waals surface area contributed by atoms with Gasteiger partial charge in [-0.25, -0.2) is 0 Å². The van der Waals surface area contributed by atoms with Crippen LogP contribution in [0, 0.1) is 11.3 Å². The van der Waals surface area contributed by atoms with Crippen molar-refractivity contribution in [3.05, 3.63) is 0 Å². The first-order chi connectivity index (χ1) is 6.66. The van der Waals surface area contributed by atoms with Crippen LogP contribution in [0.3, 0.4) is 0 Å². The van der Waals surface area contributed by atoms with Crippen molar-refractivity contribution in [1.29, 1.82) is 0 Å². The molecule has 1 saturated heterocycles. The SMILES string of the molecule is CC1(C)CCC(COC2CNC2)CC1. The smallest absolute Gasteiger partial charge is 0.0823 e. The van der Waals surface area contributed by atoms with Crippen LogP contribution in [0.15, 0.2) is 0 Å². The topological polar surface area (TPSA) is 21.3 Å². The van der Waals surface area contributed by atoms with E-state index in [2.05, 4.69) is 19.2 Å². The summed E-state index contributed by atoms with van der Waals surface area (Å²) >= 11 is 0. The summed E-state index contributed by atoms with van der Waals surface area (Å²) in [6, 6.07) is 0. The molecule has 2 rings (SSSR count). The fraction of sp³-hybridized carbons (Fsp3) is 1.00. The van der Waals surface area contributed by atoms with Crippen molar-refractivity contribution in [2.24, 2.45) is 11.3 Å². The lowest BCUT2D eigenvalue weighted by atomic mass is 9.73. The Balaban J connectivity index is 1.63. The van der Waals surface area contributed by atoms with Crippen LogP contribution in [0.5, 0.6) is 0 Å². The molecule has 0 amide bonds. The summed E-state index contributed by atoms with van der Waals surface area (Å²) in [5.74, 6) is 0.837. The largest absolute Gasteiger partial charge is 0.375 e. The van der Waals surface area contributed by atoms with Gasteiger partial charge in [-0.15, -0.1) is 0 Å². The Morgan fingerprint density at radius 3 is 2.36 bits per heavy atom. The third-order valence-electron chi connectivity index (χ3n) is 3.77. The molecule has 14 heavy (non-hydrogen) atoms. The van der Waals surface area contributed by atoms with E-state index < -0.39 is 0 Å². The van der Waals surface area contributed by atoms with Crippen molar-refractivity contribution < 1.29 is 4.74 Å². The molecule has 0 unspecified atom stereocenters. The first kappa shape index (κ1) is 10.4. The number of ether oxygens (including phenoxy) is 1. The molecular weight excluding hydrogens is 174 g/mol. The molecular formula is C12H23NO. The third-order valence-corrected chi connectivity index (χ3v) is 3.77. The first-order valence-electron chi connectivity index (χ1n) is 5.98. The van der Waals surface area contributed by atoms with E-state index in [4.69, 9.17) is 4.74 Å². The highest BCUT2D eigenvalue weighted by Crippen LogP contribution is 2.38. The molecule has 1 aliphatic heterocycles. The second-order valence-electron chi connectivity index (χ2n) is 5.72. The Kier molecular flexibility index (Phi) is 3.13. The fourth-order valence-corrected chi connectivity index (χ4v) is 2.28. The summed E-state index contributed by atoms with van der Waals surface area (Å²) in [6.07, 6.45) is 6.01. The van der Waals surface area contributed by atoms with Crippen molar-refractivity contribution in [1.82, 2.24) is 5.32 Å². The minimum absolute atomic E-state index is 0.518. The predicted octanol–water partition coefficient (Wildman–Crippen LogP) is 2.19. The molecule has 82 valence electrons. The Hall–Kier alpha value is -0.0800. The predicted molar refractivity (Wildman–Crippen MR) is 58.3 cm³/mol. The van der Waals surface area contributed by atoms with Gasteiger partial charge >= 0.3 is 0 Å². The van der Waals surface area contributed by atoms with Crippen molar-refractivity contribution in [2.45, 2.75) is 45.6 Å². The minimum Gasteiger partial charge on any atom is -0.375 e. The molecule has 2 fully saturated rings. The molecule has 1 N–H and O–H groups in total. The summed E-state index contributed by atoms with van der Waals surface area (Å²) in [7, 11) is 0. The highest BCUT2D eigenvalue weighted by molar-refractivity contribution is 4.80. The zero-order valence-corrected chi connectivity index (χ0v) is 9.51. The van der Waals surface area contributed by atoms with Crippen molar-refractivity contribution in [2.75, 3.05) is 19.7 Å². The lowest BCUT2D eigenvalue weighted by molar-refractivity contribution is -0.0135. The lowest BCUT2D eigenvalue weighted by Gasteiger charge is -2.35. The molecule has 0 radical (unpaired) electrons. The van der Waals surface area contributed by atoms with E-state index in [0.717, 1.165) is 25.6 Å². The molecule has 2 nitrogen and oxygen atoms in total. The van der Waals surface area contributed by atoms with E-state index in [-0.39, 0.29) is 0 Å². The normalized spacial score (nSPS) is 28.7. The molecule has 1 saturated carbocycles. The van der Waals surface area contributed by atoms with Crippen LogP contribution in [-0.2, 0) is 4.74 Å². The Labute approximate surface area is 87.4 Å². The number of hydrogen-bond donors (Lipinski definition) is 1. The van der Waals surface area contributed by atoms with E-state index in [9.17, 15) is 0 Å². The highest BCUT2D eigenvalue weighted by Gasteiger charge is 2.27. The van der Waals surface area contributed by atoms with Crippen molar-refractivity contribution in [3.8, 4) is 0 Å². The summed E-state index contributed by atoms with van der Waals surface area (Å²) in [5.41, 5.74) is 0.592. The maximum atomic E-state index is 5.82. The van der Waals surface area contributed by atoms with Crippen LogP contribution < -0.4 is 5.32 Å². The zero-order valence-electron chi connectivity index (χ0n) is 9.51. The van der Waals surface area contributed by atoms with Gasteiger partial charge in [0, 0.05) is 19.7 Å². The number of hydrogen-bond acceptors (Lipinski definition) is 2. The van der Waals surface area contributed by atoms with Crippen LogP contribution in [-0.4, -0.2) is 25.8 Å². The van der Waals surface area contributed by atoms with Gasteiger partial charge in [-0.1, -0.05) is 13.8 Å². The third kappa shape index (κ3) is 2.71.